The molecule has 0 radical (unpaired) electrons. The van der Waals surface area contributed by atoms with E-state index in [1.54, 1.807) is 42.5 Å². The van der Waals surface area contributed by atoms with Gasteiger partial charge in [0.15, 0.2) is 5.78 Å². The van der Waals surface area contributed by atoms with Gasteiger partial charge >= 0.3 is 6.18 Å². The summed E-state index contributed by atoms with van der Waals surface area (Å²) in [4.78, 5) is 12.1. The van der Waals surface area contributed by atoms with Crippen LogP contribution in [0.15, 0.2) is 54.6 Å². The van der Waals surface area contributed by atoms with Crippen molar-refractivity contribution in [1.82, 2.24) is 0 Å². The summed E-state index contributed by atoms with van der Waals surface area (Å²) < 4.78 is 39.6. The van der Waals surface area contributed by atoms with Crippen molar-refractivity contribution >= 4 is 5.78 Å². The fourth-order valence-corrected chi connectivity index (χ4v) is 2.15. The van der Waals surface area contributed by atoms with Gasteiger partial charge < -0.3 is 0 Å². The minimum Gasteiger partial charge on any atom is -0.294 e. The van der Waals surface area contributed by atoms with Gasteiger partial charge in [0.05, 0.1) is 5.92 Å². The van der Waals surface area contributed by atoms with Crippen LogP contribution in [0.4, 0.5) is 13.2 Å². The van der Waals surface area contributed by atoms with E-state index in [0.29, 0.717) is 5.56 Å². The minimum atomic E-state index is -4.44. The van der Waals surface area contributed by atoms with Gasteiger partial charge in [-0.3, -0.25) is 4.79 Å². The summed E-state index contributed by atoms with van der Waals surface area (Å²) in [6.07, 6.45) is -5.02. The summed E-state index contributed by atoms with van der Waals surface area (Å²) in [7, 11) is 0. The Morgan fingerprint density at radius 2 is 1.57 bits per heavy atom. The lowest BCUT2D eigenvalue weighted by Gasteiger charge is -2.20. The average Bonchev–Trinajstić information content (AvgIpc) is 2.45. The van der Waals surface area contributed by atoms with Crippen molar-refractivity contribution in [2.24, 2.45) is 0 Å². The molecule has 0 heterocycles. The Morgan fingerprint density at radius 1 is 1.00 bits per heavy atom. The molecule has 110 valence electrons. The van der Waals surface area contributed by atoms with Crippen molar-refractivity contribution in [2.75, 3.05) is 0 Å². The third-order valence-corrected chi connectivity index (χ3v) is 3.36. The van der Waals surface area contributed by atoms with E-state index in [0.717, 1.165) is 5.56 Å². The van der Waals surface area contributed by atoms with E-state index < -0.39 is 24.3 Å². The van der Waals surface area contributed by atoms with Crippen molar-refractivity contribution in [1.29, 1.82) is 0 Å². The van der Waals surface area contributed by atoms with E-state index >= 15 is 0 Å². The fraction of sp³-hybridized carbons (Fsp3) is 0.235. The van der Waals surface area contributed by atoms with Crippen LogP contribution < -0.4 is 0 Å². The number of rotatable bonds is 4. The van der Waals surface area contributed by atoms with E-state index in [2.05, 4.69) is 0 Å². The molecule has 0 N–H and O–H groups in total. The van der Waals surface area contributed by atoms with Gasteiger partial charge in [0.25, 0.3) is 0 Å². The molecule has 0 aliphatic heterocycles. The summed E-state index contributed by atoms with van der Waals surface area (Å²) in [5, 5.41) is 0. The molecule has 2 aromatic carbocycles. The first kappa shape index (κ1) is 15.3. The maximum Gasteiger partial charge on any atom is 0.396 e. The summed E-state index contributed by atoms with van der Waals surface area (Å²) in [6.45, 7) is 1.86. The van der Waals surface area contributed by atoms with Crippen LogP contribution in [0.25, 0.3) is 0 Å². The fourth-order valence-electron chi connectivity index (χ4n) is 2.15. The molecule has 0 aliphatic carbocycles. The number of aryl methyl sites for hydroxylation is 1. The third kappa shape index (κ3) is 3.94. The van der Waals surface area contributed by atoms with Crippen LogP contribution in [0.1, 0.15) is 33.8 Å². The number of Topliss-reactive ketones (excluding diaryl/α,β-unsaturated/α-hetero) is 1. The lowest BCUT2D eigenvalue weighted by atomic mass is 9.91. The van der Waals surface area contributed by atoms with E-state index in [1.807, 2.05) is 6.92 Å². The molecule has 2 rings (SSSR count). The molecule has 0 saturated carbocycles. The molecule has 0 unspecified atom stereocenters. The molecule has 0 bridgehead atoms. The molecule has 0 saturated heterocycles. The number of benzene rings is 2. The monoisotopic (exact) mass is 292 g/mol. The van der Waals surface area contributed by atoms with Crippen LogP contribution in [0.2, 0.25) is 0 Å². The Labute approximate surface area is 121 Å². The highest BCUT2D eigenvalue weighted by Gasteiger charge is 2.41. The largest absolute Gasteiger partial charge is 0.396 e. The predicted molar refractivity (Wildman–Crippen MR) is 75.4 cm³/mol. The Bertz CT molecular complexity index is 600. The molecule has 1 atom stereocenters. The Hall–Kier alpha value is -2.10. The van der Waals surface area contributed by atoms with Gasteiger partial charge in [-0.2, -0.15) is 13.2 Å². The van der Waals surface area contributed by atoms with Crippen LogP contribution in [-0.2, 0) is 0 Å². The minimum absolute atomic E-state index is 0.116. The normalized spacial score (nSPS) is 13.0. The van der Waals surface area contributed by atoms with Crippen molar-refractivity contribution < 1.29 is 18.0 Å². The van der Waals surface area contributed by atoms with Gasteiger partial charge in [0.2, 0.25) is 0 Å². The van der Waals surface area contributed by atoms with E-state index in [4.69, 9.17) is 0 Å². The molecular formula is C17H15F3O. The first-order valence-corrected chi connectivity index (χ1v) is 6.59. The zero-order chi connectivity index (χ0) is 15.5. The quantitative estimate of drug-likeness (QED) is 0.731. The van der Waals surface area contributed by atoms with Crippen LogP contribution >= 0.6 is 0 Å². The van der Waals surface area contributed by atoms with Crippen LogP contribution in [-0.4, -0.2) is 12.0 Å². The Kier molecular flexibility index (Phi) is 4.46. The summed E-state index contributed by atoms with van der Waals surface area (Å²) >= 11 is 0. The summed E-state index contributed by atoms with van der Waals surface area (Å²) in [6, 6.07) is 14.1. The van der Waals surface area contributed by atoms with Gasteiger partial charge in [0.1, 0.15) is 0 Å². The molecule has 1 nitrogen and oxygen atoms in total. The molecule has 0 amide bonds. The van der Waals surface area contributed by atoms with Gasteiger partial charge in [-0.1, -0.05) is 60.2 Å². The van der Waals surface area contributed by atoms with E-state index in [1.165, 1.54) is 12.1 Å². The maximum absolute atomic E-state index is 13.2. The first-order valence-electron chi connectivity index (χ1n) is 6.59. The molecule has 2 aromatic rings. The lowest BCUT2D eigenvalue weighted by Crippen LogP contribution is -2.23. The standard InChI is InChI=1S/C17H15F3O/c1-12-7-9-14(10-8-12)16(21)11-15(17(18,19)20)13-5-3-2-4-6-13/h2-10,15H,11H2,1H3/t15-/m1/s1. The molecular weight excluding hydrogens is 277 g/mol. The molecule has 21 heavy (non-hydrogen) atoms. The second-order valence-corrected chi connectivity index (χ2v) is 5.00. The van der Waals surface area contributed by atoms with Gasteiger partial charge in [-0.25, -0.2) is 0 Å². The first-order chi connectivity index (χ1) is 9.88. The Balaban J connectivity index is 2.24. The van der Waals surface area contributed by atoms with Crippen LogP contribution in [0.5, 0.6) is 0 Å². The molecule has 0 fully saturated rings. The molecule has 0 spiro atoms. The van der Waals surface area contributed by atoms with E-state index in [-0.39, 0.29) is 5.56 Å². The van der Waals surface area contributed by atoms with Crippen LogP contribution in [0.3, 0.4) is 0 Å². The average molecular weight is 292 g/mol. The number of halogens is 3. The molecule has 0 aromatic heterocycles. The van der Waals surface area contributed by atoms with Crippen LogP contribution in [0, 0.1) is 6.92 Å². The number of hydrogen-bond acceptors (Lipinski definition) is 1. The summed E-state index contributed by atoms with van der Waals surface area (Å²) in [5.41, 5.74) is 1.39. The van der Waals surface area contributed by atoms with Gasteiger partial charge in [0, 0.05) is 12.0 Å². The smallest absolute Gasteiger partial charge is 0.294 e. The SMILES string of the molecule is Cc1ccc(C(=O)C[C@H](c2ccccc2)C(F)(F)F)cc1. The molecule has 0 aliphatic rings. The Morgan fingerprint density at radius 3 is 2.10 bits per heavy atom. The number of carbonyl (C=O) groups is 1. The zero-order valence-corrected chi connectivity index (χ0v) is 11.5. The predicted octanol–water partition coefficient (Wildman–Crippen LogP) is 4.91. The summed E-state index contributed by atoms with van der Waals surface area (Å²) in [5.74, 6) is -2.27. The van der Waals surface area contributed by atoms with Gasteiger partial charge in [-0.15, -0.1) is 0 Å². The number of hydrogen-bond donors (Lipinski definition) is 0. The third-order valence-electron chi connectivity index (χ3n) is 3.36. The second kappa shape index (κ2) is 6.12. The highest BCUT2D eigenvalue weighted by molar-refractivity contribution is 5.96. The number of carbonyl (C=O) groups excluding carboxylic acids is 1. The maximum atomic E-state index is 13.2. The van der Waals surface area contributed by atoms with Gasteiger partial charge in [-0.05, 0) is 12.5 Å². The van der Waals surface area contributed by atoms with Crippen molar-refractivity contribution in [2.45, 2.75) is 25.4 Å². The van der Waals surface area contributed by atoms with Crippen molar-refractivity contribution in [3.63, 3.8) is 0 Å². The second-order valence-electron chi connectivity index (χ2n) is 5.00. The number of alkyl halides is 3. The van der Waals surface area contributed by atoms with Crippen molar-refractivity contribution in [3.8, 4) is 0 Å². The topological polar surface area (TPSA) is 17.1 Å². The number of ketones is 1. The lowest BCUT2D eigenvalue weighted by molar-refractivity contribution is -0.149. The highest BCUT2D eigenvalue weighted by Crippen LogP contribution is 2.38. The van der Waals surface area contributed by atoms with Crippen molar-refractivity contribution in [3.05, 3.63) is 71.3 Å². The zero-order valence-electron chi connectivity index (χ0n) is 11.5. The van der Waals surface area contributed by atoms with E-state index in [9.17, 15) is 18.0 Å². The molecule has 4 heteroatoms. The highest BCUT2D eigenvalue weighted by atomic mass is 19.4.